The van der Waals surface area contributed by atoms with Crippen molar-refractivity contribution in [3.63, 3.8) is 0 Å². The maximum atomic E-state index is 4.58. The Morgan fingerprint density at radius 1 is 1.14 bits per heavy atom. The lowest BCUT2D eigenvalue weighted by molar-refractivity contribution is 0.567. The van der Waals surface area contributed by atoms with Crippen LogP contribution in [0, 0.1) is 0 Å². The number of aromatic nitrogens is 4. The minimum atomic E-state index is 0.713. The normalized spacial score (nSPS) is 9.43. The highest BCUT2D eigenvalue weighted by Crippen LogP contribution is 1.99. The average Bonchev–Trinajstić information content (AvgIpc) is 2.92. The molecule has 0 unspecified atom stereocenters. The predicted octanol–water partition coefficient (Wildman–Crippen LogP) is 1.63. The first-order valence-electron chi connectivity index (χ1n) is 4.03. The monoisotopic (exact) mass is 188 g/mol. The fourth-order valence-corrected chi connectivity index (χ4v) is 0.918. The van der Waals surface area contributed by atoms with Crippen LogP contribution in [0.15, 0.2) is 47.9 Å². The minimum absolute atomic E-state index is 0.713. The average molecular weight is 188 g/mol. The topological polar surface area (TPSA) is 67.6 Å². The second-order valence-electron chi connectivity index (χ2n) is 2.46. The van der Waals surface area contributed by atoms with Crippen molar-refractivity contribution in [3.8, 4) is 0 Å². The number of imidazole rings is 1. The standard InChI is InChI=1S/C5H4N4.C4H4O/c1-4-5(8-2-6-1)9-3-7-4;1-2-4-5-3-1/h1-3H,(H,6,7,8,9);1-4H. The maximum Gasteiger partial charge on any atom is 0.180 e. The molecule has 0 spiro atoms. The first kappa shape index (κ1) is 8.43. The number of hydrogen-bond acceptors (Lipinski definition) is 4. The molecule has 5 heteroatoms. The summed E-state index contributed by atoms with van der Waals surface area (Å²) in [5, 5.41) is 0. The molecule has 0 bridgehead atoms. The third-order valence-corrected chi connectivity index (χ3v) is 1.52. The lowest BCUT2D eigenvalue weighted by Gasteiger charge is -1.80. The zero-order valence-electron chi connectivity index (χ0n) is 7.29. The summed E-state index contributed by atoms with van der Waals surface area (Å²) >= 11 is 0. The summed E-state index contributed by atoms with van der Waals surface area (Å²) in [4.78, 5) is 14.5. The second kappa shape index (κ2) is 4.18. The molecule has 3 aromatic heterocycles. The van der Waals surface area contributed by atoms with Crippen molar-refractivity contribution in [1.82, 2.24) is 19.9 Å². The van der Waals surface area contributed by atoms with Gasteiger partial charge in [0.25, 0.3) is 0 Å². The summed E-state index contributed by atoms with van der Waals surface area (Å²) < 4.78 is 4.58. The summed E-state index contributed by atoms with van der Waals surface area (Å²) in [6, 6.07) is 3.67. The molecule has 14 heavy (non-hydrogen) atoms. The Bertz CT molecular complexity index is 427. The smallest absolute Gasteiger partial charge is 0.180 e. The van der Waals surface area contributed by atoms with Crippen molar-refractivity contribution in [3.05, 3.63) is 43.5 Å². The van der Waals surface area contributed by atoms with Crippen LogP contribution in [0.4, 0.5) is 0 Å². The molecule has 0 fully saturated rings. The van der Waals surface area contributed by atoms with E-state index in [2.05, 4.69) is 24.4 Å². The molecule has 0 aliphatic rings. The number of aromatic amines is 1. The number of H-pyrrole nitrogens is 1. The predicted molar refractivity (Wildman–Crippen MR) is 50.4 cm³/mol. The largest absolute Gasteiger partial charge is 0.473 e. The highest BCUT2D eigenvalue weighted by atomic mass is 16.3. The van der Waals surface area contributed by atoms with Gasteiger partial charge in [0.1, 0.15) is 11.8 Å². The first-order valence-corrected chi connectivity index (χ1v) is 4.03. The highest BCUT2D eigenvalue weighted by molar-refractivity contribution is 5.67. The number of rotatable bonds is 0. The van der Waals surface area contributed by atoms with Gasteiger partial charge in [0, 0.05) is 0 Å². The van der Waals surface area contributed by atoms with Crippen LogP contribution >= 0.6 is 0 Å². The number of nitrogens with one attached hydrogen (secondary N) is 1. The second-order valence-corrected chi connectivity index (χ2v) is 2.46. The third-order valence-electron chi connectivity index (χ3n) is 1.52. The summed E-state index contributed by atoms with van der Waals surface area (Å²) in [5.74, 6) is 0. The summed E-state index contributed by atoms with van der Waals surface area (Å²) in [5.41, 5.74) is 1.59. The molecule has 0 atom stereocenters. The quantitative estimate of drug-likeness (QED) is 0.582. The molecule has 0 saturated carbocycles. The molecule has 0 radical (unpaired) electrons. The molecular formula is C9H8N4O. The van der Waals surface area contributed by atoms with E-state index in [0.29, 0.717) is 5.65 Å². The van der Waals surface area contributed by atoms with Crippen LogP contribution < -0.4 is 0 Å². The van der Waals surface area contributed by atoms with E-state index in [4.69, 9.17) is 0 Å². The highest BCUT2D eigenvalue weighted by Gasteiger charge is 1.91. The van der Waals surface area contributed by atoms with Crippen LogP contribution in [0.2, 0.25) is 0 Å². The maximum absolute atomic E-state index is 4.58. The van der Waals surface area contributed by atoms with Crippen molar-refractivity contribution in [2.45, 2.75) is 0 Å². The minimum Gasteiger partial charge on any atom is -0.473 e. The molecule has 70 valence electrons. The van der Waals surface area contributed by atoms with Gasteiger partial charge in [-0.15, -0.1) is 0 Å². The first-order chi connectivity index (χ1) is 6.97. The number of hydrogen-bond donors (Lipinski definition) is 1. The number of furan rings is 1. The van der Waals surface area contributed by atoms with E-state index in [1.807, 2.05) is 12.1 Å². The van der Waals surface area contributed by atoms with Gasteiger partial charge in [-0.1, -0.05) is 0 Å². The summed E-state index contributed by atoms with van der Waals surface area (Å²) in [6.45, 7) is 0. The Labute approximate surface area is 79.8 Å². The van der Waals surface area contributed by atoms with Gasteiger partial charge in [0.2, 0.25) is 0 Å². The van der Waals surface area contributed by atoms with E-state index in [1.165, 1.54) is 6.33 Å². The molecule has 3 aromatic rings. The molecule has 3 rings (SSSR count). The van der Waals surface area contributed by atoms with E-state index in [-0.39, 0.29) is 0 Å². The Hall–Kier alpha value is -2.17. The van der Waals surface area contributed by atoms with Gasteiger partial charge in [-0.3, -0.25) is 0 Å². The van der Waals surface area contributed by atoms with Crippen LogP contribution in [0.25, 0.3) is 11.2 Å². The van der Waals surface area contributed by atoms with Gasteiger partial charge in [-0.05, 0) is 12.1 Å². The SMILES string of the molecule is c1ccoc1.c1ncc2[nH]cnc2n1. The Balaban J connectivity index is 0.000000128. The van der Waals surface area contributed by atoms with Gasteiger partial charge in [0.05, 0.1) is 25.1 Å². The molecule has 3 heterocycles. The lowest BCUT2D eigenvalue weighted by Crippen LogP contribution is -1.76. The fraction of sp³-hybridized carbons (Fsp3) is 0. The van der Waals surface area contributed by atoms with Crippen LogP contribution in [0.1, 0.15) is 0 Å². The molecule has 5 nitrogen and oxygen atoms in total. The van der Waals surface area contributed by atoms with Gasteiger partial charge in [-0.2, -0.15) is 0 Å². The van der Waals surface area contributed by atoms with Crippen molar-refractivity contribution in [2.75, 3.05) is 0 Å². The third kappa shape index (κ3) is 1.95. The van der Waals surface area contributed by atoms with Crippen LogP contribution in [0.3, 0.4) is 0 Å². The zero-order valence-corrected chi connectivity index (χ0v) is 7.29. The Morgan fingerprint density at radius 2 is 2.00 bits per heavy atom. The van der Waals surface area contributed by atoms with Crippen LogP contribution in [-0.4, -0.2) is 19.9 Å². The van der Waals surface area contributed by atoms with E-state index in [9.17, 15) is 0 Å². The Kier molecular flexibility index (Phi) is 2.51. The van der Waals surface area contributed by atoms with Crippen LogP contribution in [0.5, 0.6) is 0 Å². The zero-order chi connectivity index (χ0) is 9.64. The van der Waals surface area contributed by atoms with E-state index < -0.39 is 0 Å². The van der Waals surface area contributed by atoms with Crippen molar-refractivity contribution < 1.29 is 4.42 Å². The van der Waals surface area contributed by atoms with Gasteiger partial charge in [-0.25, -0.2) is 15.0 Å². The van der Waals surface area contributed by atoms with E-state index in [0.717, 1.165) is 5.52 Å². The molecular weight excluding hydrogens is 180 g/mol. The van der Waals surface area contributed by atoms with Crippen molar-refractivity contribution >= 4 is 11.2 Å². The Morgan fingerprint density at radius 3 is 2.64 bits per heavy atom. The summed E-state index contributed by atoms with van der Waals surface area (Å²) in [6.07, 6.45) is 8.01. The molecule has 0 aliphatic carbocycles. The van der Waals surface area contributed by atoms with E-state index >= 15 is 0 Å². The lowest BCUT2D eigenvalue weighted by atomic mass is 10.6. The van der Waals surface area contributed by atoms with E-state index in [1.54, 1.807) is 25.1 Å². The van der Waals surface area contributed by atoms with Gasteiger partial charge >= 0.3 is 0 Å². The fourth-order valence-electron chi connectivity index (χ4n) is 0.918. The molecule has 0 saturated heterocycles. The molecule has 0 aromatic carbocycles. The summed E-state index contributed by atoms with van der Waals surface area (Å²) in [7, 11) is 0. The molecule has 0 aliphatic heterocycles. The number of fused-ring (bicyclic) bond motifs is 1. The van der Waals surface area contributed by atoms with Gasteiger partial charge < -0.3 is 9.40 Å². The molecule has 1 N–H and O–H groups in total. The van der Waals surface area contributed by atoms with Gasteiger partial charge in [0.15, 0.2) is 5.65 Å². The molecule has 0 amide bonds. The van der Waals surface area contributed by atoms with Crippen molar-refractivity contribution in [2.24, 2.45) is 0 Å². The number of nitrogens with zero attached hydrogens (tertiary/aromatic N) is 3. The van der Waals surface area contributed by atoms with Crippen molar-refractivity contribution in [1.29, 1.82) is 0 Å². The van der Waals surface area contributed by atoms with Crippen LogP contribution in [-0.2, 0) is 0 Å².